The van der Waals surface area contributed by atoms with Gasteiger partial charge in [0.2, 0.25) is 0 Å². The van der Waals surface area contributed by atoms with Crippen molar-refractivity contribution in [1.82, 2.24) is 19.9 Å². The van der Waals surface area contributed by atoms with E-state index in [0.29, 0.717) is 22.8 Å². The normalized spacial score (nSPS) is 10.9. The van der Waals surface area contributed by atoms with E-state index in [1.807, 2.05) is 24.8 Å². The third-order valence-electron chi connectivity index (χ3n) is 8.03. The van der Waals surface area contributed by atoms with Gasteiger partial charge in [0.05, 0.1) is 11.1 Å². The summed E-state index contributed by atoms with van der Waals surface area (Å²) in [5, 5.41) is 0. The van der Waals surface area contributed by atoms with Crippen molar-refractivity contribution in [2.75, 3.05) is 0 Å². The highest BCUT2D eigenvalue weighted by Crippen LogP contribution is 2.24. The molecule has 0 fully saturated rings. The smallest absolute Gasteiger partial charge is 0.343 e. The third kappa shape index (κ3) is 9.88. The predicted octanol–water partition coefficient (Wildman–Crippen LogP) is 9.28. The molecule has 8 heteroatoms. The lowest BCUT2D eigenvalue weighted by molar-refractivity contribution is 0.0733. The van der Waals surface area contributed by atoms with Crippen LogP contribution >= 0.6 is 0 Å². The molecule has 0 unspecified atom stereocenters. The van der Waals surface area contributed by atoms with Crippen LogP contribution in [-0.4, -0.2) is 31.9 Å². The van der Waals surface area contributed by atoms with Gasteiger partial charge in [-0.25, -0.2) is 29.5 Å². The fourth-order valence-corrected chi connectivity index (χ4v) is 5.22. The summed E-state index contributed by atoms with van der Waals surface area (Å²) in [6, 6.07) is 20.4. The quantitative estimate of drug-likeness (QED) is 0.0596. The number of ether oxygens (including phenoxy) is 2. The van der Waals surface area contributed by atoms with Crippen molar-refractivity contribution in [2.24, 2.45) is 0 Å². The second-order valence-corrected chi connectivity index (χ2v) is 11.9. The molecule has 48 heavy (non-hydrogen) atoms. The Morgan fingerprint density at radius 2 is 0.917 bits per heavy atom. The lowest BCUT2D eigenvalue weighted by Crippen LogP contribution is -2.10. The summed E-state index contributed by atoms with van der Waals surface area (Å²) in [7, 11) is 0. The molecule has 0 atom stereocenters. The monoisotopic (exact) mass is 642 g/mol. The molecule has 2 heterocycles. The highest BCUT2D eigenvalue weighted by Gasteiger charge is 2.14. The maximum Gasteiger partial charge on any atom is 0.343 e. The number of hydrogen-bond donors (Lipinski definition) is 0. The van der Waals surface area contributed by atoms with Crippen molar-refractivity contribution in [2.45, 2.75) is 78.1 Å². The van der Waals surface area contributed by atoms with Crippen molar-refractivity contribution in [3.05, 3.63) is 120 Å². The van der Waals surface area contributed by atoms with E-state index in [4.69, 9.17) is 9.47 Å². The minimum Gasteiger partial charge on any atom is -0.423 e. The molecular formula is C40H42N4O4. The van der Waals surface area contributed by atoms with Crippen LogP contribution < -0.4 is 9.47 Å². The number of nitrogens with zero attached hydrogens (tertiary/aromatic N) is 4. The average Bonchev–Trinajstić information content (AvgIpc) is 3.13. The van der Waals surface area contributed by atoms with Crippen LogP contribution in [-0.2, 0) is 12.8 Å². The van der Waals surface area contributed by atoms with Crippen LogP contribution in [0, 0.1) is 0 Å². The topological polar surface area (TPSA) is 104 Å². The van der Waals surface area contributed by atoms with E-state index in [9.17, 15) is 9.59 Å². The Bertz CT molecular complexity index is 1630. The Hall–Kier alpha value is -5.24. The number of benzene rings is 3. The van der Waals surface area contributed by atoms with Crippen LogP contribution in [0.4, 0.5) is 0 Å². The van der Waals surface area contributed by atoms with Gasteiger partial charge in [0.1, 0.15) is 11.5 Å². The molecule has 0 saturated carbocycles. The summed E-state index contributed by atoms with van der Waals surface area (Å²) in [5.41, 5.74) is 4.62. The van der Waals surface area contributed by atoms with Crippen molar-refractivity contribution in [1.29, 1.82) is 0 Å². The Kier molecular flexibility index (Phi) is 12.5. The zero-order chi connectivity index (χ0) is 33.6. The van der Waals surface area contributed by atoms with E-state index >= 15 is 0 Å². The number of aromatic nitrogens is 4. The molecule has 0 aliphatic carbocycles. The van der Waals surface area contributed by atoms with Crippen molar-refractivity contribution >= 4 is 11.9 Å². The summed E-state index contributed by atoms with van der Waals surface area (Å²) >= 11 is 0. The highest BCUT2D eigenvalue weighted by atomic mass is 16.5. The molecule has 2 aromatic heterocycles. The number of carbonyl (C=O) groups excluding carboxylic acids is 2. The van der Waals surface area contributed by atoms with Crippen LogP contribution in [0.2, 0.25) is 0 Å². The first-order valence-electron chi connectivity index (χ1n) is 16.9. The van der Waals surface area contributed by atoms with Crippen LogP contribution in [0.5, 0.6) is 11.5 Å². The van der Waals surface area contributed by atoms with Crippen molar-refractivity contribution in [3.8, 4) is 34.3 Å². The lowest BCUT2D eigenvalue weighted by Gasteiger charge is -2.09. The van der Waals surface area contributed by atoms with Gasteiger partial charge in [0.25, 0.3) is 0 Å². The van der Waals surface area contributed by atoms with Gasteiger partial charge in [0.15, 0.2) is 11.6 Å². The molecule has 0 spiro atoms. The van der Waals surface area contributed by atoms with E-state index in [1.54, 1.807) is 66.7 Å². The van der Waals surface area contributed by atoms with Gasteiger partial charge in [-0.2, -0.15) is 0 Å². The predicted molar refractivity (Wildman–Crippen MR) is 187 cm³/mol. The molecule has 0 amide bonds. The standard InChI is InChI=1S/C40H42N4O4/c1-3-5-7-9-12-29-25-41-37(42-26-29)31-16-20-33(21-17-31)39(45)47-35-14-11-15-36(24-35)48-40(46)34-22-18-32(19-23-34)38-43-27-30(28-44-38)13-10-8-6-4-2/h11,14-28H,3-10,12-13H2,1-2H3. The summed E-state index contributed by atoms with van der Waals surface area (Å²) in [4.78, 5) is 43.8. The second kappa shape index (κ2) is 17.6. The molecule has 3 aromatic carbocycles. The van der Waals surface area contributed by atoms with Gasteiger partial charge < -0.3 is 9.47 Å². The van der Waals surface area contributed by atoms with E-state index in [1.165, 1.54) is 44.6 Å². The van der Waals surface area contributed by atoms with Gasteiger partial charge in [-0.3, -0.25) is 0 Å². The number of unbranched alkanes of at least 4 members (excludes halogenated alkanes) is 6. The van der Waals surface area contributed by atoms with Crippen LogP contribution in [0.1, 0.15) is 97.1 Å². The van der Waals surface area contributed by atoms with Crippen LogP contribution in [0.15, 0.2) is 97.6 Å². The van der Waals surface area contributed by atoms with E-state index in [2.05, 4.69) is 33.8 Å². The first-order chi connectivity index (χ1) is 23.5. The molecule has 8 nitrogen and oxygen atoms in total. The molecule has 246 valence electrons. The summed E-state index contributed by atoms with van der Waals surface area (Å²) in [6.45, 7) is 4.40. The number of hydrogen-bond acceptors (Lipinski definition) is 8. The Morgan fingerprint density at radius 1 is 0.521 bits per heavy atom. The van der Waals surface area contributed by atoms with Crippen molar-refractivity contribution in [3.63, 3.8) is 0 Å². The lowest BCUT2D eigenvalue weighted by atomic mass is 10.1. The van der Waals surface area contributed by atoms with Gasteiger partial charge in [-0.1, -0.05) is 82.7 Å². The second-order valence-electron chi connectivity index (χ2n) is 11.9. The number of esters is 2. The maximum absolute atomic E-state index is 12.9. The third-order valence-corrected chi connectivity index (χ3v) is 8.03. The largest absolute Gasteiger partial charge is 0.423 e. The Labute approximate surface area is 282 Å². The minimum atomic E-state index is -0.532. The van der Waals surface area contributed by atoms with Gasteiger partial charge in [-0.05, 0) is 73.2 Å². The number of aryl methyl sites for hydroxylation is 2. The van der Waals surface area contributed by atoms with E-state index in [-0.39, 0.29) is 11.5 Å². The average molecular weight is 643 g/mol. The summed E-state index contributed by atoms with van der Waals surface area (Å²) < 4.78 is 11.1. The van der Waals surface area contributed by atoms with Crippen LogP contribution in [0.25, 0.3) is 22.8 Å². The fourth-order valence-electron chi connectivity index (χ4n) is 5.22. The molecule has 5 aromatic rings. The fraction of sp³-hybridized carbons (Fsp3) is 0.300. The summed E-state index contributed by atoms with van der Waals surface area (Å²) in [6.07, 6.45) is 19.0. The van der Waals surface area contributed by atoms with E-state index in [0.717, 1.165) is 47.9 Å². The molecule has 0 saturated heterocycles. The van der Waals surface area contributed by atoms with Crippen LogP contribution in [0.3, 0.4) is 0 Å². The Balaban J connectivity index is 1.13. The molecule has 0 N–H and O–H groups in total. The summed E-state index contributed by atoms with van der Waals surface area (Å²) in [5.74, 6) is 0.659. The molecule has 0 radical (unpaired) electrons. The molecular weight excluding hydrogens is 600 g/mol. The SMILES string of the molecule is CCCCCCc1cnc(-c2ccc(C(=O)Oc3cccc(OC(=O)c4ccc(-c5ncc(CCCCCC)cn5)cc4)c3)cc2)nc1. The highest BCUT2D eigenvalue weighted by molar-refractivity contribution is 5.92. The minimum absolute atomic E-state index is 0.258. The zero-order valence-corrected chi connectivity index (χ0v) is 27.7. The zero-order valence-electron chi connectivity index (χ0n) is 27.7. The molecule has 5 rings (SSSR count). The van der Waals surface area contributed by atoms with Gasteiger partial charge in [0, 0.05) is 42.0 Å². The Morgan fingerprint density at radius 3 is 1.29 bits per heavy atom. The number of rotatable bonds is 16. The maximum atomic E-state index is 12.9. The first-order valence-corrected chi connectivity index (χ1v) is 16.9. The van der Waals surface area contributed by atoms with E-state index < -0.39 is 11.9 Å². The number of carbonyl (C=O) groups is 2. The van der Waals surface area contributed by atoms with Crippen molar-refractivity contribution < 1.29 is 19.1 Å². The molecule has 0 aliphatic rings. The molecule has 0 aliphatic heterocycles. The van der Waals surface area contributed by atoms with Gasteiger partial charge >= 0.3 is 11.9 Å². The van der Waals surface area contributed by atoms with Gasteiger partial charge in [-0.15, -0.1) is 0 Å². The first kappa shape index (κ1) is 34.1. The molecule has 0 bridgehead atoms.